The molecule has 4 aromatic rings. The summed E-state index contributed by atoms with van der Waals surface area (Å²) in [6, 6.07) is 16.2. The second kappa shape index (κ2) is 9.41. The number of hydrogen-bond donors (Lipinski definition) is 1. The van der Waals surface area contributed by atoms with Crippen LogP contribution in [0, 0.1) is 5.92 Å². The van der Waals surface area contributed by atoms with E-state index in [2.05, 4.69) is 61.7 Å². The quantitative estimate of drug-likeness (QED) is 0.361. The van der Waals surface area contributed by atoms with Crippen LogP contribution < -0.4 is 5.32 Å². The normalized spacial score (nSPS) is 16.5. The van der Waals surface area contributed by atoms with Gasteiger partial charge in [0.15, 0.2) is 5.65 Å². The average molecular weight is 531 g/mol. The fourth-order valence-electron chi connectivity index (χ4n) is 4.92. The summed E-state index contributed by atoms with van der Waals surface area (Å²) in [4.78, 5) is 23.8. The van der Waals surface area contributed by atoms with Gasteiger partial charge in [-0.3, -0.25) is 9.78 Å². The first kappa shape index (κ1) is 22.2. The lowest BCUT2D eigenvalue weighted by molar-refractivity contribution is 0.0689. The molecule has 178 valence electrons. The van der Waals surface area contributed by atoms with Crippen LogP contribution in [0.1, 0.15) is 47.7 Å². The molecule has 0 radical (unpaired) electrons. The first-order chi connectivity index (χ1) is 17.2. The highest BCUT2D eigenvalue weighted by Crippen LogP contribution is 2.44. The number of likely N-dealkylation sites (tertiary alicyclic amines) is 1. The molecule has 0 bridgehead atoms. The third-order valence-corrected chi connectivity index (χ3v) is 7.60. The minimum absolute atomic E-state index is 0.0215. The smallest absolute Gasteiger partial charge is 0.272 e. The Morgan fingerprint density at radius 3 is 2.63 bits per heavy atom. The fraction of sp³-hybridized carbons (Fsp3) is 0.333. The van der Waals surface area contributed by atoms with Gasteiger partial charge in [-0.1, -0.05) is 30.3 Å². The average Bonchev–Trinajstić information content (AvgIpc) is 3.70. The number of amides is 1. The van der Waals surface area contributed by atoms with Crippen molar-refractivity contribution < 1.29 is 4.79 Å². The molecule has 8 heteroatoms. The van der Waals surface area contributed by atoms with Gasteiger partial charge in [-0.2, -0.15) is 9.61 Å². The van der Waals surface area contributed by atoms with Crippen LogP contribution in [0.5, 0.6) is 0 Å². The van der Waals surface area contributed by atoms with Gasteiger partial charge < -0.3 is 10.2 Å². The molecule has 1 aliphatic heterocycles. The molecule has 1 aromatic carbocycles. The van der Waals surface area contributed by atoms with E-state index in [9.17, 15) is 4.79 Å². The zero-order valence-electron chi connectivity index (χ0n) is 19.4. The maximum absolute atomic E-state index is 12.7. The Hall–Kier alpha value is -3.26. The topological polar surface area (TPSA) is 75.4 Å². The number of halogens is 1. The number of fused-ring (bicyclic) bond motifs is 1. The predicted octanol–water partition coefficient (Wildman–Crippen LogP) is 5.40. The zero-order valence-corrected chi connectivity index (χ0v) is 21.0. The van der Waals surface area contributed by atoms with Gasteiger partial charge in [0.25, 0.3) is 5.91 Å². The summed E-state index contributed by atoms with van der Waals surface area (Å²) in [5.41, 5.74) is 4.89. The van der Waals surface area contributed by atoms with Crippen LogP contribution in [0.15, 0.2) is 65.4 Å². The Morgan fingerprint density at radius 1 is 1.06 bits per heavy atom. The van der Waals surface area contributed by atoms with Gasteiger partial charge in [-0.15, -0.1) is 0 Å². The molecule has 2 fully saturated rings. The van der Waals surface area contributed by atoms with Crippen LogP contribution in [0.25, 0.3) is 16.9 Å². The molecule has 1 amide bonds. The molecule has 4 heterocycles. The lowest BCUT2D eigenvalue weighted by atomic mass is 9.96. The van der Waals surface area contributed by atoms with Crippen LogP contribution in [0.3, 0.4) is 0 Å². The maximum atomic E-state index is 12.7. The van der Waals surface area contributed by atoms with E-state index in [-0.39, 0.29) is 5.91 Å². The standard InChI is InChI=1S/C27H27BrN6O/c28-22-17-31-34-25(15-24(32-26(22)34)21-6-2-1-5-20(21)19-8-9-19)30-16-18-10-13-33(14-11-18)27(35)23-7-3-4-12-29-23/h1-7,12,15,17-19,30H,8-11,13-14,16H2. The number of carbonyl (C=O) groups is 1. The van der Waals surface area contributed by atoms with E-state index in [0.29, 0.717) is 17.5 Å². The second-order valence-corrected chi connectivity index (χ2v) is 10.3. The molecule has 1 N–H and O–H groups in total. The van der Waals surface area contributed by atoms with Crippen molar-refractivity contribution in [2.45, 2.75) is 31.6 Å². The van der Waals surface area contributed by atoms with Crippen LogP contribution in [-0.4, -0.2) is 50.0 Å². The molecule has 35 heavy (non-hydrogen) atoms. The van der Waals surface area contributed by atoms with Gasteiger partial charge in [0, 0.05) is 37.5 Å². The number of carbonyl (C=O) groups excluding carboxylic acids is 1. The highest BCUT2D eigenvalue weighted by atomic mass is 79.9. The summed E-state index contributed by atoms with van der Waals surface area (Å²) >= 11 is 3.62. The van der Waals surface area contributed by atoms with Gasteiger partial charge >= 0.3 is 0 Å². The molecule has 1 saturated carbocycles. The third-order valence-electron chi connectivity index (χ3n) is 7.04. The predicted molar refractivity (Wildman–Crippen MR) is 139 cm³/mol. The Balaban J connectivity index is 1.18. The first-order valence-electron chi connectivity index (χ1n) is 12.2. The third kappa shape index (κ3) is 4.55. The van der Waals surface area contributed by atoms with Gasteiger partial charge in [0.2, 0.25) is 0 Å². The molecule has 1 saturated heterocycles. The lowest BCUT2D eigenvalue weighted by Gasteiger charge is -2.32. The molecule has 6 rings (SSSR count). The van der Waals surface area contributed by atoms with Gasteiger partial charge in [0.1, 0.15) is 11.5 Å². The summed E-state index contributed by atoms with van der Waals surface area (Å²) in [7, 11) is 0. The van der Waals surface area contributed by atoms with Gasteiger partial charge in [0.05, 0.1) is 16.4 Å². The SMILES string of the molecule is O=C(c1ccccn1)N1CCC(CNc2cc(-c3ccccc3C3CC3)nc3c(Br)cnn23)CC1. The Kier molecular flexibility index (Phi) is 5.98. The maximum Gasteiger partial charge on any atom is 0.272 e. The number of nitrogens with zero attached hydrogens (tertiary/aromatic N) is 5. The number of hydrogen-bond acceptors (Lipinski definition) is 5. The number of anilines is 1. The molecule has 3 aromatic heterocycles. The van der Waals surface area contributed by atoms with Crippen molar-refractivity contribution in [1.82, 2.24) is 24.5 Å². The minimum atomic E-state index is 0.0215. The zero-order chi connectivity index (χ0) is 23.8. The molecular weight excluding hydrogens is 504 g/mol. The number of nitrogens with one attached hydrogen (secondary N) is 1. The monoisotopic (exact) mass is 530 g/mol. The van der Waals surface area contributed by atoms with E-state index in [1.807, 2.05) is 21.5 Å². The molecule has 0 spiro atoms. The van der Waals surface area contributed by atoms with Crippen LogP contribution in [0.4, 0.5) is 5.82 Å². The Bertz CT molecular complexity index is 1360. The summed E-state index contributed by atoms with van der Waals surface area (Å²) in [6.45, 7) is 2.33. The molecule has 2 aliphatic rings. The lowest BCUT2D eigenvalue weighted by Crippen LogP contribution is -2.40. The Labute approximate surface area is 212 Å². The van der Waals surface area contributed by atoms with Crippen molar-refractivity contribution in [3.63, 3.8) is 0 Å². The van der Waals surface area contributed by atoms with Crippen LogP contribution >= 0.6 is 15.9 Å². The van der Waals surface area contributed by atoms with Crippen molar-refractivity contribution in [2.24, 2.45) is 5.92 Å². The highest BCUT2D eigenvalue weighted by molar-refractivity contribution is 9.10. The van der Waals surface area contributed by atoms with Crippen molar-refractivity contribution in [3.8, 4) is 11.3 Å². The molecule has 0 atom stereocenters. The summed E-state index contributed by atoms with van der Waals surface area (Å²) in [5, 5.41) is 8.19. The van der Waals surface area contributed by atoms with E-state index >= 15 is 0 Å². The van der Waals surface area contributed by atoms with Crippen molar-refractivity contribution >= 4 is 33.3 Å². The summed E-state index contributed by atoms with van der Waals surface area (Å²) in [5.74, 6) is 2.08. The number of rotatable bonds is 6. The van der Waals surface area contributed by atoms with E-state index in [1.165, 1.54) is 24.0 Å². The second-order valence-electron chi connectivity index (χ2n) is 9.45. The largest absolute Gasteiger partial charge is 0.370 e. The molecule has 1 aliphatic carbocycles. The van der Waals surface area contributed by atoms with E-state index in [4.69, 9.17) is 4.98 Å². The van der Waals surface area contributed by atoms with Gasteiger partial charge in [-0.05, 0) is 71.1 Å². The number of piperidine rings is 1. The van der Waals surface area contributed by atoms with E-state index in [1.54, 1.807) is 18.5 Å². The summed E-state index contributed by atoms with van der Waals surface area (Å²) in [6.07, 6.45) is 7.89. The molecule has 7 nitrogen and oxygen atoms in total. The van der Waals surface area contributed by atoms with Crippen molar-refractivity contribution in [3.05, 3.63) is 76.7 Å². The molecule has 0 unspecified atom stereocenters. The van der Waals surface area contributed by atoms with Crippen LogP contribution in [0.2, 0.25) is 0 Å². The van der Waals surface area contributed by atoms with Crippen molar-refractivity contribution in [2.75, 3.05) is 25.0 Å². The molecular formula is C27H27BrN6O. The number of aromatic nitrogens is 4. The fourth-order valence-corrected chi connectivity index (χ4v) is 5.27. The van der Waals surface area contributed by atoms with E-state index < -0.39 is 0 Å². The number of benzene rings is 1. The van der Waals surface area contributed by atoms with Gasteiger partial charge in [-0.25, -0.2) is 4.98 Å². The highest BCUT2D eigenvalue weighted by Gasteiger charge is 2.27. The van der Waals surface area contributed by atoms with E-state index in [0.717, 1.165) is 54.1 Å². The van der Waals surface area contributed by atoms with Crippen molar-refractivity contribution in [1.29, 1.82) is 0 Å². The first-order valence-corrected chi connectivity index (χ1v) is 13.0. The minimum Gasteiger partial charge on any atom is -0.370 e. The Morgan fingerprint density at radius 2 is 1.86 bits per heavy atom. The van der Waals surface area contributed by atoms with Crippen LogP contribution in [-0.2, 0) is 0 Å². The number of pyridine rings is 1. The summed E-state index contributed by atoms with van der Waals surface area (Å²) < 4.78 is 2.75.